The van der Waals surface area contributed by atoms with Crippen LogP contribution in [-0.4, -0.2) is 26.8 Å². The normalized spacial score (nSPS) is 16.1. The molecule has 0 unspecified atom stereocenters. The molecule has 4 aromatic rings. The van der Waals surface area contributed by atoms with E-state index in [9.17, 15) is 29.8 Å². The Bertz CT molecular complexity index is 1760. The number of nitro benzene ring substituents is 2. The van der Waals surface area contributed by atoms with Crippen LogP contribution in [0.2, 0.25) is 0 Å². The molecule has 6 rings (SSSR count). The van der Waals surface area contributed by atoms with Crippen LogP contribution >= 0.6 is 12.2 Å². The summed E-state index contributed by atoms with van der Waals surface area (Å²) >= 11 is 5.79. The highest BCUT2D eigenvalue weighted by Gasteiger charge is 2.45. The Hall–Kier alpha value is -5.55. The van der Waals surface area contributed by atoms with Crippen molar-refractivity contribution >= 4 is 57.5 Å². The summed E-state index contributed by atoms with van der Waals surface area (Å²) in [4.78, 5) is 52.3. The highest BCUT2D eigenvalue weighted by atomic mass is 32.1. The lowest BCUT2D eigenvalue weighted by Gasteiger charge is -2.36. The van der Waals surface area contributed by atoms with Gasteiger partial charge in [-0.05, 0) is 58.7 Å². The number of anilines is 2. The summed E-state index contributed by atoms with van der Waals surface area (Å²) in [6.45, 7) is 0. The largest absolute Gasteiger partial charge is 0.341 e. The summed E-state index contributed by atoms with van der Waals surface area (Å²) in [6, 6.07) is 24.5. The molecule has 1 saturated heterocycles. The minimum atomic E-state index is -0.716. The molecule has 0 atom stereocenters. The molecule has 2 aliphatic rings. The fraction of sp³-hybridized carbons (Fsp3) is 0. The van der Waals surface area contributed by atoms with Crippen LogP contribution in [-0.2, 0) is 4.79 Å². The molecule has 0 N–H and O–H groups in total. The Morgan fingerprint density at radius 1 is 0.575 bits per heavy atom. The molecule has 10 nitrogen and oxygen atoms in total. The second-order valence-electron chi connectivity index (χ2n) is 8.96. The van der Waals surface area contributed by atoms with Gasteiger partial charge in [0.15, 0.2) is 0 Å². The van der Waals surface area contributed by atoms with Crippen LogP contribution in [0, 0.1) is 20.2 Å². The first-order valence-electron chi connectivity index (χ1n) is 11.9. The van der Waals surface area contributed by atoms with E-state index in [-0.39, 0.29) is 27.5 Å². The SMILES string of the molecule is O=C1C(=C2c3cc([N+](=O)[O-])ccc3-c3cc([N+](=O)[O-])ccc32)C(=S)N(c2ccccc2)C(=O)N1c1ccccc1. The van der Waals surface area contributed by atoms with Crippen molar-refractivity contribution < 1.29 is 19.4 Å². The van der Waals surface area contributed by atoms with Gasteiger partial charge in [0.2, 0.25) is 0 Å². The number of amides is 3. The van der Waals surface area contributed by atoms with Crippen molar-refractivity contribution in [3.8, 4) is 11.1 Å². The number of thiocarbonyl (C=S) groups is 1. The first-order valence-corrected chi connectivity index (χ1v) is 12.3. The zero-order chi connectivity index (χ0) is 28.1. The maximum Gasteiger partial charge on any atom is 0.341 e. The topological polar surface area (TPSA) is 127 Å². The van der Waals surface area contributed by atoms with E-state index in [4.69, 9.17) is 12.2 Å². The summed E-state index contributed by atoms with van der Waals surface area (Å²) in [5.41, 5.74) is 2.18. The first-order chi connectivity index (χ1) is 19.3. The van der Waals surface area contributed by atoms with E-state index in [0.29, 0.717) is 33.6 Å². The molecular weight excluding hydrogens is 532 g/mol. The molecule has 11 heteroatoms. The van der Waals surface area contributed by atoms with Gasteiger partial charge in [-0.3, -0.25) is 29.9 Å². The monoisotopic (exact) mass is 548 g/mol. The van der Waals surface area contributed by atoms with Gasteiger partial charge in [0, 0.05) is 29.8 Å². The van der Waals surface area contributed by atoms with Crippen LogP contribution in [0.15, 0.2) is 103 Å². The van der Waals surface area contributed by atoms with E-state index in [1.807, 2.05) is 0 Å². The maximum atomic E-state index is 14.2. The Labute approximate surface area is 231 Å². The third kappa shape index (κ3) is 3.76. The molecule has 1 fully saturated rings. The molecule has 0 aromatic heterocycles. The Kier molecular flexibility index (Phi) is 5.78. The lowest BCUT2D eigenvalue weighted by atomic mass is 9.94. The molecule has 1 heterocycles. The van der Waals surface area contributed by atoms with Gasteiger partial charge < -0.3 is 0 Å². The minimum Gasteiger partial charge on any atom is -0.268 e. The van der Waals surface area contributed by atoms with Gasteiger partial charge in [-0.1, -0.05) is 48.6 Å². The number of carbonyl (C=O) groups is 2. The molecule has 0 saturated carbocycles. The fourth-order valence-electron chi connectivity index (χ4n) is 5.00. The zero-order valence-electron chi connectivity index (χ0n) is 20.4. The van der Waals surface area contributed by atoms with Crippen molar-refractivity contribution in [1.29, 1.82) is 0 Å². The molecule has 40 heavy (non-hydrogen) atoms. The average Bonchev–Trinajstić information content (AvgIpc) is 3.27. The van der Waals surface area contributed by atoms with Gasteiger partial charge in [0.1, 0.15) is 4.99 Å². The number of nitrogens with zero attached hydrogens (tertiary/aromatic N) is 4. The highest BCUT2D eigenvalue weighted by Crippen LogP contribution is 2.49. The van der Waals surface area contributed by atoms with Gasteiger partial charge in [-0.2, -0.15) is 0 Å². The molecular formula is C29H16N4O6S. The molecule has 0 spiro atoms. The van der Waals surface area contributed by atoms with Gasteiger partial charge in [0.05, 0.1) is 26.8 Å². The van der Waals surface area contributed by atoms with Gasteiger partial charge in [-0.15, -0.1) is 0 Å². The second kappa shape index (κ2) is 9.33. The number of fused-ring (bicyclic) bond motifs is 3. The predicted molar refractivity (Wildman–Crippen MR) is 152 cm³/mol. The summed E-state index contributed by atoms with van der Waals surface area (Å²) in [5, 5.41) is 23.3. The molecule has 194 valence electrons. The van der Waals surface area contributed by atoms with Crippen LogP contribution in [0.5, 0.6) is 0 Å². The number of hydrogen-bond acceptors (Lipinski definition) is 7. The average molecular weight is 549 g/mol. The number of non-ortho nitro benzene ring substituents is 2. The van der Waals surface area contributed by atoms with Crippen LogP contribution in [0.3, 0.4) is 0 Å². The minimum absolute atomic E-state index is 0.0309. The number of para-hydroxylation sites is 2. The van der Waals surface area contributed by atoms with Gasteiger partial charge in [0.25, 0.3) is 17.3 Å². The van der Waals surface area contributed by atoms with Crippen LogP contribution in [0.25, 0.3) is 16.7 Å². The summed E-state index contributed by atoms with van der Waals surface area (Å²) in [7, 11) is 0. The third-order valence-electron chi connectivity index (χ3n) is 6.75. The molecule has 1 aliphatic heterocycles. The maximum absolute atomic E-state index is 14.2. The first kappa shape index (κ1) is 24.8. The predicted octanol–water partition coefficient (Wildman–Crippen LogP) is 6.29. The highest BCUT2D eigenvalue weighted by molar-refractivity contribution is 7.81. The van der Waals surface area contributed by atoms with E-state index in [0.717, 1.165) is 4.90 Å². The molecule has 4 aromatic carbocycles. The van der Waals surface area contributed by atoms with E-state index < -0.39 is 21.8 Å². The zero-order valence-corrected chi connectivity index (χ0v) is 21.2. The van der Waals surface area contributed by atoms with Crippen molar-refractivity contribution in [2.24, 2.45) is 0 Å². The number of hydrogen-bond donors (Lipinski definition) is 0. The molecule has 0 radical (unpaired) electrons. The lowest BCUT2D eigenvalue weighted by Crippen LogP contribution is -2.56. The fourth-order valence-corrected chi connectivity index (χ4v) is 5.37. The third-order valence-corrected chi connectivity index (χ3v) is 7.14. The Morgan fingerprint density at radius 2 is 1.07 bits per heavy atom. The number of rotatable bonds is 4. The van der Waals surface area contributed by atoms with Crippen molar-refractivity contribution in [1.82, 2.24) is 0 Å². The van der Waals surface area contributed by atoms with E-state index in [1.165, 1.54) is 41.3 Å². The molecule has 0 bridgehead atoms. The van der Waals surface area contributed by atoms with Crippen molar-refractivity contribution in [2.45, 2.75) is 0 Å². The number of benzene rings is 4. The standard InChI is InChI=1S/C29H16N4O6S/c34-27-26(28(40)31(18-9-5-2-6-10-18)29(35)30(27)17-7-3-1-4-8-17)25-22-14-12-19(32(36)37)15-23(22)21-13-11-20(33(38)39)16-24(21)25/h1-16H. The van der Waals surface area contributed by atoms with E-state index in [1.54, 1.807) is 60.7 Å². The number of nitro groups is 2. The van der Waals surface area contributed by atoms with Crippen molar-refractivity contribution in [3.63, 3.8) is 0 Å². The smallest absolute Gasteiger partial charge is 0.268 e. The summed E-state index contributed by atoms with van der Waals surface area (Å²) in [6.07, 6.45) is 0. The quantitative estimate of drug-likeness (QED) is 0.112. The van der Waals surface area contributed by atoms with Gasteiger partial charge >= 0.3 is 6.03 Å². The lowest BCUT2D eigenvalue weighted by molar-refractivity contribution is -0.385. The summed E-state index contributed by atoms with van der Waals surface area (Å²) in [5.74, 6) is -0.716. The number of carbonyl (C=O) groups excluding carboxylic acids is 2. The summed E-state index contributed by atoms with van der Waals surface area (Å²) < 4.78 is 0. The number of imide groups is 1. The van der Waals surface area contributed by atoms with Crippen molar-refractivity contribution in [2.75, 3.05) is 9.80 Å². The molecule has 1 aliphatic carbocycles. The van der Waals surface area contributed by atoms with Crippen LogP contribution < -0.4 is 9.80 Å². The Balaban J connectivity index is 1.69. The van der Waals surface area contributed by atoms with Crippen molar-refractivity contribution in [3.05, 3.63) is 134 Å². The second-order valence-corrected chi connectivity index (χ2v) is 9.35. The van der Waals surface area contributed by atoms with Gasteiger partial charge in [-0.25, -0.2) is 9.69 Å². The van der Waals surface area contributed by atoms with E-state index >= 15 is 0 Å². The molecule has 3 amide bonds. The Morgan fingerprint density at radius 3 is 1.62 bits per heavy atom. The number of urea groups is 1. The van der Waals surface area contributed by atoms with Crippen LogP contribution in [0.1, 0.15) is 11.1 Å². The van der Waals surface area contributed by atoms with E-state index in [2.05, 4.69) is 0 Å². The van der Waals surface area contributed by atoms with Crippen LogP contribution in [0.4, 0.5) is 27.5 Å².